The van der Waals surface area contributed by atoms with Crippen molar-refractivity contribution in [1.82, 2.24) is 0 Å². The van der Waals surface area contributed by atoms with E-state index >= 15 is 0 Å². The fraction of sp³-hybridized carbons (Fsp3) is 1.00. The fourth-order valence-corrected chi connectivity index (χ4v) is 0.750. The van der Waals surface area contributed by atoms with Crippen molar-refractivity contribution in [2.75, 3.05) is 12.8 Å². The maximum absolute atomic E-state index is 2.24. The third-order valence-electron chi connectivity index (χ3n) is 0.500. The van der Waals surface area contributed by atoms with Gasteiger partial charge in [-0.25, -0.2) is 0 Å². The summed E-state index contributed by atoms with van der Waals surface area (Å²) in [6.07, 6.45) is 2.77. The van der Waals surface area contributed by atoms with Crippen LogP contribution >= 0.6 is 8.58 Å². The first-order valence-electron chi connectivity index (χ1n) is 2.06. The van der Waals surface area contributed by atoms with Gasteiger partial charge < -0.3 is 1.43 Å². The van der Waals surface area contributed by atoms with E-state index in [9.17, 15) is 0 Å². The first-order chi connectivity index (χ1) is 2.41. The molecule has 0 nitrogen and oxygen atoms in total. The Morgan fingerprint density at radius 3 is 2.17 bits per heavy atom. The van der Waals surface area contributed by atoms with Gasteiger partial charge in [-0.05, 0) is 12.8 Å². The molecule has 6 heavy (non-hydrogen) atoms. The van der Waals surface area contributed by atoms with Crippen LogP contribution in [0.4, 0.5) is 0 Å². The van der Waals surface area contributed by atoms with Crippen molar-refractivity contribution in [2.45, 2.75) is 13.3 Å². The van der Waals surface area contributed by atoms with E-state index in [0.717, 1.165) is 8.58 Å². The molecule has 0 saturated carbocycles. The van der Waals surface area contributed by atoms with Crippen molar-refractivity contribution in [3.8, 4) is 0 Å². The Morgan fingerprint density at radius 2 is 2.17 bits per heavy atom. The molecule has 0 amide bonds. The van der Waals surface area contributed by atoms with Crippen LogP contribution < -0.4 is 29.6 Å². The summed E-state index contributed by atoms with van der Waals surface area (Å²) in [5, 5.41) is 0. The normalized spacial score (nSPS) is 9.00. The smallest absolute Gasteiger partial charge is 1.00 e. The molecular formula is C4H12NaP. The monoisotopic (exact) mass is 114 g/mol. The predicted octanol–water partition coefficient (Wildman–Crippen LogP) is -1.18. The van der Waals surface area contributed by atoms with Crippen molar-refractivity contribution in [2.24, 2.45) is 0 Å². The van der Waals surface area contributed by atoms with Crippen LogP contribution in [-0.2, 0) is 0 Å². The van der Waals surface area contributed by atoms with Gasteiger partial charge >= 0.3 is 29.6 Å². The second-order valence-corrected chi connectivity index (χ2v) is 2.31. The molecule has 0 fully saturated rings. The number of rotatable bonds is 2. The SMILES string of the molecule is CCCPC.[H-].[Na+]. The van der Waals surface area contributed by atoms with Crippen LogP contribution in [-0.4, -0.2) is 12.8 Å². The molecule has 0 aliphatic rings. The van der Waals surface area contributed by atoms with Gasteiger partial charge in [0.25, 0.3) is 0 Å². The zero-order valence-corrected chi connectivity index (χ0v) is 7.91. The second kappa shape index (κ2) is 9.66. The van der Waals surface area contributed by atoms with E-state index in [0.29, 0.717) is 0 Å². The summed E-state index contributed by atoms with van der Waals surface area (Å²) in [5.41, 5.74) is 0. The zero-order chi connectivity index (χ0) is 4.12. The van der Waals surface area contributed by atoms with Gasteiger partial charge in [-0.2, -0.15) is 0 Å². The standard InChI is InChI=1S/C4H11P.Na.H/c1-3-4-5-2;;/h5H,3-4H2,1-2H3;;/q;+1;-1. The average molecular weight is 114 g/mol. The van der Waals surface area contributed by atoms with Gasteiger partial charge in [0.1, 0.15) is 0 Å². The van der Waals surface area contributed by atoms with Crippen LogP contribution in [0.2, 0.25) is 0 Å². The molecule has 0 bridgehead atoms. The van der Waals surface area contributed by atoms with Crippen LogP contribution in [0.5, 0.6) is 0 Å². The Morgan fingerprint density at radius 1 is 1.67 bits per heavy atom. The molecule has 2 heteroatoms. The van der Waals surface area contributed by atoms with Crippen LogP contribution in [0.3, 0.4) is 0 Å². The average Bonchev–Trinajstić information content (AvgIpc) is 1.41. The van der Waals surface area contributed by atoms with Gasteiger partial charge in [0.2, 0.25) is 0 Å². The number of hydrogen-bond acceptors (Lipinski definition) is 0. The zero-order valence-electron chi connectivity index (χ0n) is 5.91. The van der Waals surface area contributed by atoms with E-state index in [4.69, 9.17) is 0 Å². The summed E-state index contributed by atoms with van der Waals surface area (Å²) < 4.78 is 0. The summed E-state index contributed by atoms with van der Waals surface area (Å²) in [5.74, 6) is 0. The van der Waals surface area contributed by atoms with Crippen LogP contribution in [0.25, 0.3) is 0 Å². The molecule has 0 spiro atoms. The second-order valence-electron chi connectivity index (χ2n) is 1.10. The summed E-state index contributed by atoms with van der Waals surface area (Å²) in [6, 6.07) is 0. The Bertz CT molecular complexity index is 19.2. The molecule has 0 aromatic rings. The molecule has 0 aromatic heterocycles. The summed E-state index contributed by atoms with van der Waals surface area (Å²) in [7, 11) is 1.16. The van der Waals surface area contributed by atoms with Crippen molar-refractivity contribution in [1.29, 1.82) is 0 Å². The molecule has 0 N–H and O–H groups in total. The molecule has 0 heterocycles. The molecule has 0 radical (unpaired) electrons. The van der Waals surface area contributed by atoms with Gasteiger partial charge in [0.05, 0.1) is 0 Å². The molecule has 0 saturated heterocycles. The maximum Gasteiger partial charge on any atom is 1.00 e. The predicted molar refractivity (Wildman–Crippen MR) is 30.5 cm³/mol. The molecule has 0 aromatic carbocycles. The molecule has 0 aliphatic heterocycles. The first-order valence-corrected chi connectivity index (χ1v) is 3.77. The van der Waals surface area contributed by atoms with Gasteiger partial charge in [-0.15, -0.1) is 8.58 Å². The molecule has 0 aliphatic carbocycles. The quantitative estimate of drug-likeness (QED) is 0.313. The van der Waals surface area contributed by atoms with E-state index in [-0.39, 0.29) is 31.0 Å². The van der Waals surface area contributed by atoms with Gasteiger partial charge in [0, 0.05) is 0 Å². The Hall–Kier alpha value is 1.43. The minimum absolute atomic E-state index is 0. The summed E-state index contributed by atoms with van der Waals surface area (Å²) in [6.45, 7) is 4.46. The minimum Gasteiger partial charge on any atom is -1.00 e. The van der Waals surface area contributed by atoms with Gasteiger partial charge in [0.15, 0.2) is 0 Å². The fourth-order valence-electron chi connectivity index (χ4n) is 0.250. The summed E-state index contributed by atoms with van der Waals surface area (Å²) >= 11 is 0. The van der Waals surface area contributed by atoms with Crippen LogP contribution in [0.1, 0.15) is 14.8 Å². The van der Waals surface area contributed by atoms with E-state index in [1.54, 1.807) is 0 Å². The molecule has 0 rings (SSSR count). The minimum atomic E-state index is 0. The van der Waals surface area contributed by atoms with Gasteiger partial charge in [-0.1, -0.05) is 13.3 Å². The molecule has 34 valence electrons. The van der Waals surface area contributed by atoms with Gasteiger partial charge in [-0.3, -0.25) is 0 Å². The van der Waals surface area contributed by atoms with Crippen LogP contribution in [0.15, 0.2) is 0 Å². The van der Waals surface area contributed by atoms with E-state index in [2.05, 4.69) is 13.6 Å². The number of hydrogen-bond donors (Lipinski definition) is 0. The van der Waals surface area contributed by atoms with Crippen molar-refractivity contribution >= 4 is 8.58 Å². The Balaban J connectivity index is -0.0000000800. The molecule has 1 atom stereocenters. The van der Waals surface area contributed by atoms with Crippen molar-refractivity contribution in [3.05, 3.63) is 0 Å². The van der Waals surface area contributed by atoms with Crippen LogP contribution in [0, 0.1) is 0 Å². The third-order valence-corrected chi connectivity index (χ3v) is 1.50. The first kappa shape index (κ1) is 10.4. The van der Waals surface area contributed by atoms with E-state index < -0.39 is 0 Å². The Labute approximate surface area is 65.6 Å². The topological polar surface area (TPSA) is 0 Å². The van der Waals surface area contributed by atoms with Crippen molar-refractivity contribution < 1.29 is 31.0 Å². The van der Waals surface area contributed by atoms with Crippen molar-refractivity contribution in [3.63, 3.8) is 0 Å². The largest absolute Gasteiger partial charge is 1.00 e. The van der Waals surface area contributed by atoms with E-state index in [1.807, 2.05) is 0 Å². The Kier molecular flexibility index (Phi) is 16.8. The molecule has 1 unspecified atom stereocenters. The van der Waals surface area contributed by atoms with E-state index in [1.165, 1.54) is 12.6 Å². The third kappa shape index (κ3) is 9.06. The molecular weight excluding hydrogens is 102 g/mol. The maximum atomic E-state index is 2.24. The summed E-state index contributed by atoms with van der Waals surface area (Å²) in [4.78, 5) is 0.